The molecule has 1 amide bonds. The average molecular weight is 490 g/mol. The maximum absolute atomic E-state index is 13.0. The van der Waals surface area contributed by atoms with Crippen molar-refractivity contribution >= 4 is 11.6 Å². The number of amides is 1. The van der Waals surface area contributed by atoms with Gasteiger partial charge in [0.15, 0.2) is 0 Å². The summed E-state index contributed by atoms with van der Waals surface area (Å²) in [5.74, 6) is 1.98. The van der Waals surface area contributed by atoms with Gasteiger partial charge in [0.1, 0.15) is 23.9 Å². The molecule has 3 rings (SSSR count). The summed E-state index contributed by atoms with van der Waals surface area (Å²) in [4.78, 5) is 13.0. The molecular weight excluding hydrogens is 450 g/mol. The minimum Gasteiger partial charge on any atom is -0.493 e. The number of nitrogens with one attached hydrogen (secondary N) is 1. The second-order valence-corrected chi connectivity index (χ2v) is 9.07. The standard InChI is InChI=1S/C31H39NO4/c1-4-6-19-34-28-17-18-29(30(22-28)35-20-7-5-2)32-31(33)24(3)21-25-13-15-27(16-14-25)36-23-26-11-9-8-10-12-26/h8-18,22,24H,4-7,19-21,23H2,1-3H3,(H,32,33)/t24-/m1/s1. The first-order valence-corrected chi connectivity index (χ1v) is 13.0. The molecule has 3 aromatic carbocycles. The molecule has 0 spiro atoms. The summed E-state index contributed by atoms with van der Waals surface area (Å²) < 4.78 is 17.7. The fourth-order valence-corrected chi connectivity index (χ4v) is 3.64. The van der Waals surface area contributed by atoms with Crippen molar-refractivity contribution in [2.75, 3.05) is 18.5 Å². The van der Waals surface area contributed by atoms with Crippen LogP contribution in [0.2, 0.25) is 0 Å². The van der Waals surface area contributed by atoms with E-state index in [4.69, 9.17) is 14.2 Å². The summed E-state index contributed by atoms with van der Waals surface area (Å²) in [5, 5.41) is 3.06. The number of ether oxygens (including phenoxy) is 3. The van der Waals surface area contributed by atoms with Crippen LogP contribution in [0.1, 0.15) is 57.6 Å². The van der Waals surface area contributed by atoms with Gasteiger partial charge in [-0.3, -0.25) is 4.79 Å². The van der Waals surface area contributed by atoms with Crippen molar-refractivity contribution in [3.63, 3.8) is 0 Å². The first kappa shape index (κ1) is 27.1. The average Bonchev–Trinajstić information content (AvgIpc) is 2.90. The zero-order chi connectivity index (χ0) is 25.6. The largest absolute Gasteiger partial charge is 0.493 e. The van der Waals surface area contributed by atoms with Crippen LogP contribution in [0.25, 0.3) is 0 Å². The van der Waals surface area contributed by atoms with E-state index in [1.165, 1.54) is 0 Å². The van der Waals surface area contributed by atoms with E-state index >= 15 is 0 Å². The highest BCUT2D eigenvalue weighted by Gasteiger charge is 2.17. The van der Waals surface area contributed by atoms with Gasteiger partial charge in [-0.1, -0.05) is 76.1 Å². The van der Waals surface area contributed by atoms with Crippen LogP contribution in [0, 0.1) is 5.92 Å². The quantitative estimate of drug-likeness (QED) is 0.225. The number of rotatable bonds is 15. The zero-order valence-corrected chi connectivity index (χ0v) is 21.8. The second-order valence-electron chi connectivity index (χ2n) is 9.07. The van der Waals surface area contributed by atoms with E-state index in [1.54, 1.807) is 0 Å². The third-order valence-corrected chi connectivity index (χ3v) is 5.89. The lowest BCUT2D eigenvalue weighted by Crippen LogP contribution is -2.22. The van der Waals surface area contributed by atoms with Crippen molar-refractivity contribution in [1.82, 2.24) is 0 Å². The lowest BCUT2D eigenvalue weighted by molar-refractivity contribution is -0.119. The predicted octanol–water partition coefficient (Wildman–Crippen LogP) is 7.44. The smallest absolute Gasteiger partial charge is 0.227 e. The van der Waals surface area contributed by atoms with Gasteiger partial charge >= 0.3 is 0 Å². The van der Waals surface area contributed by atoms with Crippen molar-refractivity contribution in [3.05, 3.63) is 83.9 Å². The molecule has 3 aromatic rings. The van der Waals surface area contributed by atoms with Crippen molar-refractivity contribution < 1.29 is 19.0 Å². The van der Waals surface area contributed by atoms with Gasteiger partial charge in [-0.05, 0) is 54.7 Å². The molecule has 1 atom stereocenters. The van der Waals surface area contributed by atoms with Crippen molar-refractivity contribution in [3.8, 4) is 17.2 Å². The van der Waals surface area contributed by atoms with Crippen LogP contribution in [0.3, 0.4) is 0 Å². The van der Waals surface area contributed by atoms with Gasteiger partial charge in [0.2, 0.25) is 5.91 Å². The lowest BCUT2D eigenvalue weighted by Gasteiger charge is -2.17. The van der Waals surface area contributed by atoms with Crippen LogP contribution >= 0.6 is 0 Å². The summed E-state index contributed by atoms with van der Waals surface area (Å²) in [6.45, 7) is 8.01. The Labute approximate surface area is 215 Å². The van der Waals surface area contributed by atoms with Crippen LogP contribution in [0.4, 0.5) is 5.69 Å². The molecule has 0 saturated heterocycles. The predicted molar refractivity (Wildman–Crippen MR) is 146 cm³/mol. The van der Waals surface area contributed by atoms with Gasteiger partial charge < -0.3 is 19.5 Å². The van der Waals surface area contributed by atoms with E-state index < -0.39 is 0 Å². The molecular formula is C31H39NO4. The van der Waals surface area contributed by atoms with E-state index in [0.717, 1.165) is 48.3 Å². The Kier molecular flexibility index (Phi) is 11.2. The molecule has 0 aliphatic rings. The topological polar surface area (TPSA) is 56.8 Å². The molecule has 0 radical (unpaired) electrons. The van der Waals surface area contributed by atoms with E-state index in [0.29, 0.717) is 37.7 Å². The number of anilines is 1. The van der Waals surface area contributed by atoms with Crippen LogP contribution in [-0.2, 0) is 17.8 Å². The molecule has 1 N–H and O–H groups in total. The number of carbonyl (C=O) groups excluding carboxylic acids is 1. The summed E-state index contributed by atoms with van der Waals surface area (Å²) in [6.07, 6.45) is 4.71. The Balaban J connectivity index is 1.56. The highest BCUT2D eigenvalue weighted by atomic mass is 16.5. The Bertz CT molecular complexity index is 1050. The maximum atomic E-state index is 13.0. The van der Waals surface area contributed by atoms with Crippen molar-refractivity contribution in [2.45, 2.75) is 59.5 Å². The second kappa shape index (κ2) is 14.8. The Morgan fingerprint density at radius 2 is 1.44 bits per heavy atom. The Hall–Kier alpha value is -3.47. The van der Waals surface area contributed by atoms with Gasteiger partial charge in [0.25, 0.3) is 0 Å². The molecule has 192 valence electrons. The lowest BCUT2D eigenvalue weighted by atomic mass is 10.00. The number of hydrogen-bond donors (Lipinski definition) is 1. The van der Waals surface area contributed by atoms with Crippen LogP contribution < -0.4 is 19.5 Å². The van der Waals surface area contributed by atoms with E-state index in [-0.39, 0.29) is 11.8 Å². The fourth-order valence-electron chi connectivity index (χ4n) is 3.64. The molecule has 0 aromatic heterocycles. The first-order chi connectivity index (χ1) is 17.6. The summed E-state index contributed by atoms with van der Waals surface area (Å²) in [6, 6.07) is 23.7. The third-order valence-electron chi connectivity index (χ3n) is 5.89. The normalized spacial score (nSPS) is 11.5. The van der Waals surface area contributed by atoms with Crippen molar-refractivity contribution in [2.24, 2.45) is 5.92 Å². The molecule has 0 aliphatic heterocycles. The monoisotopic (exact) mass is 489 g/mol. The van der Waals surface area contributed by atoms with Gasteiger partial charge in [0, 0.05) is 12.0 Å². The van der Waals surface area contributed by atoms with E-state index in [9.17, 15) is 4.79 Å². The zero-order valence-electron chi connectivity index (χ0n) is 21.8. The number of unbranched alkanes of at least 4 members (excludes halogenated alkanes) is 2. The molecule has 36 heavy (non-hydrogen) atoms. The summed E-state index contributed by atoms with van der Waals surface area (Å²) in [5.41, 5.74) is 2.89. The van der Waals surface area contributed by atoms with Crippen molar-refractivity contribution in [1.29, 1.82) is 0 Å². The minimum absolute atomic E-state index is 0.0422. The highest BCUT2D eigenvalue weighted by molar-refractivity contribution is 5.94. The van der Waals surface area contributed by atoms with Crippen LogP contribution in [-0.4, -0.2) is 19.1 Å². The fraction of sp³-hybridized carbons (Fsp3) is 0.387. The molecule has 0 fully saturated rings. The molecule has 5 nitrogen and oxygen atoms in total. The SMILES string of the molecule is CCCCOc1ccc(NC(=O)[C@H](C)Cc2ccc(OCc3ccccc3)cc2)c(OCCCC)c1. The third kappa shape index (κ3) is 8.95. The minimum atomic E-state index is -0.204. The maximum Gasteiger partial charge on any atom is 0.227 e. The number of benzene rings is 3. The van der Waals surface area contributed by atoms with Gasteiger partial charge in [-0.2, -0.15) is 0 Å². The van der Waals surface area contributed by atoms with Gasteiger partial charge in [-0.15, -0.1) is 0 Å². The Morgan fingerprint density at radius 3 is 2.14 bits per heavy atom. The molecule has 0 unspecified atom stereocenters. The summed E-state index contributed by atoms with van der Waals surface area (Å²) >= 11 is 0. The Morgan fingerprint density at radius 1 is 0.778 bits per heavy atom. The van der Waals surface area contributed by atoms with Crippen LogP contribution in [0.15, 0.2) is 72.8 Å². The van der Waals surface area contributed by atoms with E-state index in [2.05, 4.69) is 19.2 Å². The highest BCUT2D eigenvalue weighted by Crippen LogP contribution is 2.30. The number of hydrogen-bond acceptors (Lipinski definition) is 4. The first-order valence-electron chi connectivity index (χ1n) is 13.0. The summed E-state index contributed by atoms with van der Waals surface area (Å²) in [7, 11) is 0. The molecule has 0 aliphatic carbocycles. The molecule has 0 heterocycles. The van der Waals surface area contributed by atoms with Gasteiger partial charge in [0.05, 0.1) is 18.9 Å². The van der Waals surface area contributed by atoms with E-state index in [1.807, 2.05) is 79.7 Å². The number of carbonyl (C=O) groups is 1. The van der Waals surface area contributed by atoms with Gasteiger partial charge in [-0.25, -0.2) is 0 Å². The van der Waals surface area contributed by atoms with Crippen LogP contribution in [0.5, 0.6) is 17.2 Å². The molecule has 0 saturated carbocycles. The molecule has 5 heteroatoms. The molecule has 0 bridgehead atoms.